The maximum atomic E-state index is 13.9. The minimum Gasteiger partial charge on any atom is -0.478 e. The average Bonchev–Trinajstić information content (AvgIpc) is 2.44. The fourth-order valence-corrected chi connectivity index (χ4v) is 2.46. The van der Waals surface area contributed by atoms with Gasteiger partial charge in [0.2, 0.25) is 0 Å². The Bertz CT molecular complexity index is 684. The van der Waals surface area contributed by atoms with Gasteiger partial charge in [-0.05, 0) is 50.5 Å². The lowest BCUT2D eigenvalue weighted by molar-refractivity contribution is 0.0270. The molecule has 1 aliphatic heterocycles. The van der Waals surface area contributed by atoms with E-state index in [1.807, 2.05) is 0 Å². The Hall–Kier alpha value is -2.57. The minimum atomic E-state index is -1.40. The van der Waals surface area contributed by atoms with Gasteiger partial charge in [-0.3, -0.25) is 0 Å². The number of carbonyl (C=O) groups excluding carboxylic acids is 1. The van der Waals surface area contributed by atoms with Crippen molar-refractivity contribution in [3.63, 3.8) is 0 Å². The summed E-state index contributed by atoms with van der Waals surface area (Å²) in [5, 5.41) is 8.94. The number of ether oxygens (including phenoxy) is 1. The van der Waals surface area contributed by atoms with Crippen molar-refractivity contribution in [1.29, 1.82) is 0 Å². The first-order valence-electron chi connectivity index (χ1n) is 7.58. The second kappa shape index (κ2) is 6.51. The van der Waals surface area contributed by atoms with E-state index < -0.39 is 29.0 Å². The maximum Gasteiger partial charge on any atom is 0.410 e. The molecule has 1 aromatic carbocycles. The van der Waals surface area contributed by atoms with Gasteiger partial charge in [0.25, 0.3) is 0 Å². The number of halogens is 1. The van der Waals surface area contributed by atoms with Crippen LogP contribution in [0.5, 0.6) is 0 Å². The highest BCUT2D eigenvalue weighted by molar-refractivity contribution is 5.94. The van der Waals surface area contributed by atoms with Gasteiger partial charge in [0, 0.05) is 18.8 Å². The van der Waals surface area contributed by atoms with Gasteiger partial charge < -0.3 is 20.5 Å². The Kier molecular flexibility index (Phi) is 4.82. The molecule has 1 heterocycles. The van der Waals surface area contributed by atoms with E-state index in [9.17, 15) is 14.0 Å². The third-order valence-electron chi connectivity index (χ3n) is 3.57. The number of nitrogens with two attached hydrogens (primary N) is 1. The summed E-state index contributed by atoms with van der Waals surface area (Å²) < 4.78 is 19.2. The average molecular weight is 336 g/mol. The van der Waals surface area contributed by atoms with Gasteiger partial charge >= 0.3 is 12.1 Å². The van der Waals surface area contributed by atoms with Gasteiger partial charge in [-0.1, -0.05) is 6.08 Å². The molecule has 0 saturated heterocycles. The SMILES string of the molecule is CC(C)(C)OC(=O)N1CC=C(c2cc(N)c(C(=O)O)c(F)c2)CC1. The number of nitrogen functional groups attached to an aromatic ring is 1. The van der Waals surface area contributed by atoms with E-state index in [2.05, 4.69) is 0 Å². The summed E-state index contributed by atoms with van der Waals surface area (Å²) in [5.41, 5.74) is 5.78. The molecule has 7 heteroatoms. The lowest BCUT2D eigenvalue weighted by Crippen LogP contribution is -2.39. The van der Waals surface area contributed by atoms with Crippen molar-refractivity contribution >= 4 is 23.3 Å². The number of hydrogen-bond donors (Lipinski definition) is 2. The molecular weight excluding hydrogens is 315 g/mol. The molecule has 2 rings (SSSR count). The van der Waals surface area contributed by atoms with Gasteiger partial charge in [-0.15, -0.1) is 0 Å². The largest absolute Gasteiger partial charge is 0.478 e. The topological polar surface area (TPSA) is 92.9 Å². The van der Waals surface area contributed by atoms with Crippen LogP contribution in [0, 0.1) is 5.82 Å². The highest BCUT2D eigenvalue weighted by atomic mass is 19.1. The fraction of sp³-hybridized carbons (Fsp3) is 0.412. The van der Waals surface area contributed by atoms with Crippen LogP contribution >= 0.6 is 0 Å². The van der Waals surface area contributed by atoms with Crippen LogP contribution in [0.3, 0.4) is 0 Å². The predicted octanol–water partition coefficient (Wildman–Crippen LogP) is 3.13. The molecule has 0 atom stereocenters. The van der Waals surface area contributed by atoms with E-state index >= 15 is 0 Å². The summed E-state index contributed by atoms with van der Waals surface area (Å²) in [6, 6.07) is 2.61. The second-order valence-corrected chi connectivity index (χ2v) is 6.63. The van der Waals surface area contributed by atoms with E-state index in [1.54, 1.807) is 31.7 Å². The molecule has 1 amide bonds. The Morgan fingerprint density at radius 3 is 2.46 bits per heavy atom. The molecule has 0 spiro atoms. The van der Waals surface area contributed by atoms with Crippen LogP contribution in [-0.2, 0) is 4.74 Å². The number of rotatable bonds is 2. The molecule has 3 N–H and O–H groups in total. The van der Waals surface area contributed by atoms with E-state index in [-0.39, 0.29) is 5.69 Å². The third-order valence-corrected chi connectivity index (χ3v) is 3.57. The first-order valence-corrected chi connectivity index (χ1v) is 7.58. The molecule has 0 radical (unpaired) electrons. The molecule has 0 aliphatic carbocycles. The van der Waals surface area contributed by atoms with Crippen molar-refractivity contribution in [3.05, 3.63) is 35.2 Å². The van der Waals surface area contributed by atoms with Crippen LogP contribution in [-0.4, -0.2) is 40.8 Å². The molecule has 6 nitrogen and oxygen atoms in total. The summed E-state index contributed by atoms with van der Waals surface area (Å²) in [6.07, 6.45) is 1.90. The molecule has 0 aromatic heterocycles. The molecule has 0 fully saturated rings. The predicted molar refractivity (Wildman–Crippen MR) is 88.2 cm³/mol. The highest BCUT2D eigenvalue weighted by Crippen LogP contribution is 2.28. The fourth-order valence-electron chi connectivity index (χ4n) is 2.46. The zero-order valence-electron chi connectivity index (χ0n) is 13.9. The molecule has 0 unspecified atom stereocenters. The summed E-state index contributed by atoms with van der Waals surface area (Å²) in [6.45, 7) is 6.17. The molecule has 0 bridgehead atoms. The summed E-state index contributed by atoms with van der Waals surface area (Å²) >= 11 is 0. The zero-order chi connectivity index (χ0) is 18.1. The number of carboxylic acids is 1. The van der Waals surface area contributed by atoms with Crippen LogP contribution in [0.25, 0.3) is 5.57 Å². The Labute approximate surface area is 139 Å². The summed E-state index contributed by atoms with van der Waals surface area (Å²) in [4.78, 5) is 24.5. The number of aromatic carboxylic acids is 1. The quantitative estimate of drug-likeness (QED) is 0.809. The number of hydrogen-bond acceptors (Lipinski definition) is 4. The van der Waals surface area contributed by atoms with Gasteiger partial charge in [0.1, 0.15) is 17.0 Å². The van der Waals surface area contributed by atoms with Crippen LogP contribution < -0.4 is 5.73 Å². The van der Waals surface area contributed by atoms with E-state index in [0.29, 0.717) is 25.1 Å². The summed E-state index contributed by atoms with van der Waals surface area (Å²) in [7, 11) is 0. The standard InChI is InChI=1S/C17H21FN2O4/c1-17(2,3)24-16(23)20-6-4-10(5-7-20)11-8-12(18)14(15(21)22)13(19)9-11/h4,8-9H,5-7,19H2,1-3H3,(H,21,22). The van der Waals surface area contributed by atoms with Crippen molar-refractivity contribution in [2.24, 2.45) is 0 Å². The maximum absolute atomic E-state index is 13.9. The first kappa shape index (κ1) is 17.8. The number of carbonyl (C=O) groups is 2. The molecular formula is C17H21FN2O4. The third kappa shape index (κ3) is 4.04. The van der Waals surface area contributed by atoms with Gasteiger partial charge in [0.05, 0.1) is 0 Å². The lowest BCUT2D eigenvalue weighted by atomic mass is 9.97. The van der Waals surface area contributed by atoms with Gasteiger partial charge in [-0.25, -0.2) is 14.0 Å². The summed E-state index contributed by atoms with van der Waals surface area (Å²) in [5.74, 6) is -2.27. The molecule has 130 valence electrons. The number of nitrogens with zero attached hydrogens (tertiary/aromatic N) is 1. The van der Waals surface area contributed by atoms with Crippen molar-refractivity contribution in [3.8, 4) is 0 Å². The second-order valence-electron chi connectivity index (χ2n) is 6.63. The van der Waals surface area contributed by atoms with E-state index in [0.717, 1.165) is 11.6 Å². The van der Waals surface area contributed by atoms with Crippen LogP contribution in [0.4, 0.5) is 14.9 Å². The number of benzene rings is 1. The van der Waals surface area contributed by atoms with Crippen molar-refractivity contribution in [2.75, 3.05) is 18.8 Å². The Morgan fingerprint density at radius 2 is 2.00 bits per heavy atom. The highest BCUT2D eigenvalue weighted by Gasteiger charge is 2.24. The Morgan fingerprint density at radius 1 is 1.33 bits per heavy atom. The molecule has 1 aliphatic rings. The van der Waals surface area contributed by atoms with Gasteiger partial charge in [0.15, 0.2) is 0 Å². The van der Waals surface area contributed by atoms with Gasteiger partial charge in [-0.2, -0.15) is 0 Å². The first-order chi connectivity index (χ1) is 11.1. The number of amides is 1. The monoisotopic (exact) mass is 336 g/mol. The smallest absolute Gasteiger partial charge is 0.410 e. The van der Waals surface area contributed by atoms with Crippen LogP contribution in [0.2, 0.25) is 0 Å². The van der Waals surface area contributed by atoms with Crippen LogP contribution in [0.15, 0.2) is 18.2 Å². The molecule has 0 saturated carbocycles. The van der Waals surface area contributed by atoms with Crippen molar-refractivity contribution in [2.45, 2.75) is 32.8 Å². The molecule has 1 aromatic rings. The van der Waals surface area contributed by atoms with Crippen molar-refractivity contribution < 1.29 is 23.8 Å². The Balaban J connectivity index is 2.16. The minimum absolute atomic E-state index is 0.118. The normalized spacial score (nSPS) is 15.0. The molecule has 24 heavy (non-hydrogen) atoms. The van der Waals surface area contributed by atoms with E-state index in [1.165, 1.54) is 6.07 Å². The van der Waals surface area contributed by atoms with Crippen molar-refractivity contribution in [1.82, 2.24) is 4.90 Å². The van der Waals surface area contributed by atoms with Crippen LogP contribution in [0.1, 0.15) is 43.1 Å². The number of carboxylic acid groups (broad SMARTS) is 1. The number of anilines is 1. The lowest BCUT2D eigenvalue weighted by Gasteiger charge is -2.29. The zero-order valence-corrected chi connectivity index (χ0v) is 13.9. The van der Waals surface area contributed by atoms with E-state index in [4.69, 9.17) is 15.6 Å².